The Kier molecular flexibility index (Phi) is 3.73. The molecule has 0 radical (unpaired) electrons. The number of nitro groups is 1. The number of rotatable bonds is 3. The maximum absolute atomic E-state index is 11.1. The summed E-state index contributed by atoms with van der Waals surface area (Å²) in [5, 5.41) is 14.7. The molecule has 0 bridgehead atoms. The highest BCUT2D eigenvalue weighted by atomic mass is 35.5. The van der Waals surface area contributed by atoms with E-state index < -0.39 is 4.92 Å². The van der Waals surface area contributed by atoms with Crippen LogP contribution in [0.4, 0.5) is 11.5 Å². The lowest BCUT2D eigenvalue weighted by atomic mass is 10.1. The minimum Gasteiger partial charge on any atom is -0.348 e. The quantitative estimate of drug-likeness (QED) is 0.655. The Balaban J connectivity index is 1.68. The number of hydrogen-bond donors (Lipinski definition) is 1. The van der Waals surface area contributed by atoms with Crippen LogP contribution >= 0.6 is 11.6 Å². The van der Waals surface area contributed by atoms with Crippen LogP contribution in [0.1, 0.15) is 0 Å². The van der Waals surface area contributed by atoms with Gasteiger partial charge in [0.2, 0.25) is 5.82 Å². The van der Waals surface area contributed by atoms with Crippen LogP contribution in [0.3, 0.4) is 0 Å². The summed E-state index contributed by atoms with van der Waals surface area (Å²) in [7, 11) is 0. The predicted molar refractivity (Wildman–Crippen MR) is 76.3 cm³/mol. The van der Waals surface area contributed by atoms with Crippen LogP contribution in [0.15, 0.2) is 12.3 Å². The summed E-state index contributed by atoms with van der Waals surface area (Å²) in [4.78, 5) is 19.1. The molecule has 108 valence electrons. The molecule has 2 fully saturated rings. The number of nitrogens with one attached hydrogen (secondary N) is 1. The second kappa shape index (κ2) is 5.51. The molecule has 1 N–H and O–H groups in total. The van der Waals surface area contributed by atoms with Gasteiger partial charge in [0, 0.05) is 57.6 Å². The van der Waals surface area contributed by atoms with Crippen molar-refractivity contribution in [2.24, 2.45) is 0 Å². The van der Waals surface area contributed by atoms with Gasteiger partial charge in [-0.1, -0.05) is 11.6 Å². The second-order valence-electron chi connectivity index (χ2n) is 5.10. The number of anilines is 1. The largest absolute Gasteiger partial charge is 0.348 e. The van der Waals surface area contributed by atoms with Crippen LogP contribution in [0, 0.1) is 10.1 Å². The average Bonchev–Trinajstić information content (AvgIpc) is 2.39. The van der Waals surface area contributed by atoms with Crippen LogP contribution in [0.25, 0.3) is 0 Å². The molecule has 0 unspecified atom stereocenters. The summed E-state index contributed by atoms with van der Waals surface area (Å²) in [6.07, 6.45) is 1.46. The van der Waals surface area contributed by atoms with E-state index in [1.807, 2.05) is 4.90 Å². The van der Waals surface area contributed by atoms with E-state index in [0.717, 1.165) is 39.3 Å². The van der Waals surface area contributed by atoms with Crippen LogP contribution in [-0.4, -0.2) is 60.1 Å². The molecule has 0 amide bonds. The van der Waals surface area contributed by atoms with Crippen molar-refractivity contribution in [3.05, 3.63) is 27.4 Å². The number of halogens is 1. The van der Waals surface area contributed by atoms with E-state index in [1.165, 1.54) is 12.3 Å². The SMILES string of the molecule is O=[N+]([O-])c1cc(Cl)cnc1N1CC(N2CCNCC2)C1. The summed E-state index contributed by atoms with van der Waals surface area (Å²) >= 11 is 5.78. The zero-order valence-electron chi connectivity index (χ0n) is 11.0. The Labute approximate surface area is 121 Å². The van der Waals surface area contributed by atoms with E-state index in [-0.39, 0.29) is 5.69 Å². The summed E-state index contributed by atoms with van der Waals surface area (Å²) in [6, 6.07) is 1.83. The molecule has 20 heavy (non-hydrogen) atoms. The zero-order chi connectivity index (χ0) is 14.1. The van der Waals surface area contributed by atoms with Crippen LogP contribution in [-0.2, 0) is 0 Å². The molecule has 0 saturated carbocycles. The first kappa shape index (κ1) is 13.5. The molecule has 0 atom stereocenters. The third-order valence-corrected chi connectivity index (χ3v) is 4.05. The molecule has 2 saturated heterocycles. The van der Waals surface area contributed by atoms with Gasteiger partial charge >= 0.3 is 5.69 Å². The van der Waals surface area contributed by atoms with Crippen molar-refractivity contribution in [2.75, 3.05) is 44.2 Å². The molecule has 1 aromatic rings. The summed E-state index contributed by atoms with van der Waals surface area (Å²) in [5.74, 6) is 0.422. The Hall–Kier alpha value is -1.44. The fraction of sp³-hybridized carbons (Fsp3) is 0.583. The molecule has 3 rings (SSSR count). The van der Waals surface area contributed by atoms with E-state index in [9.17, 15) is 10.1 Å². The Morgan fingerprint density at radius 2 is 2.10 bits per heavy atom. The molecule has 7 nitrogen and oxygen atoms in total. The molecular formula is C12H16ClN5O2. The van der Waals surface area contributed by atoms with E-state index in [2.05, 4.69) is 15.2 Å². The highest BCUT2D eigenvalue weighted by Gasteiger charge is 2.36. The lowest BCUT2D eigenvalue weighted by Crippen LogP contribution is -2.63. The van der Waals surface area contributed by atoms with Crippen molar-refractivity contribution < 1.29 is 4.92 Å². The minimum atomic E-state index is -0.424. The average molecular weight is 298 g/mol. The summed E-state index contributed by atoms with van der Waals surface area (Å²) in [5.41, 5.74) is -0.0174. The highest BCUT2D eigenvalue weighted by molar-refractivity contribution is 6.30. The van der Waals surface area contributed by atoms with Gasteiger partial charge in [-0.3, -0.25) is 15.0 Å². The van der Waals surface area contributed by atoms with Gasteiger partial charge in [-0.05, 0) is 0 Å². The van der Waals surface area contributed by atoms with Gasteiger partial charge in [-0.2, -0.15) is 0 Å². The first-order chi connectivity index (χ1) is 9.65. The normalized spacial score (nSPS) is 20.8. The standard InChI is InChI=1S/C12H16ClN5O2/c13-9-5-11(18(19)20)12(15-6-9)17-7-10(8-17)16-3-1-14-2-4-16/h5-6,10,14H,1-4,7-8H2. The van der Waals surface area contributed by atoms with Crippen molar-refractivity contribution >= 4 is 23.1 Å². The first-order valence-corrected chi connectivity index (χ1v) is 7.02. The molecule has 2 aliphatic heterocycles. The number of pyridine rings is 1. The second-order valence-corrected chi connectivity index (χ2v) is 5.53. The maximum Gasteiger partial charge on any atom is 0.313 e. The predicted octanol–water partition coefficient (Wildman–Crippen LogP) is 0.737. The molecule has 0 aliphatic carbocycles. The fourth-order valence-corrected chi connectivity index (χ4v) is 2.86. The monoisotopic (exact) mass is 297 g/mol. The smallest absolute Gasteiger partial charge is 0.313 e. The maximum atomic E-state index is 11.1. The number of piperazine rings is 1. The fourth-order valence-electron chi connectivity index (χ4n) is 2.71. The van der Waals surface area contributed by atoms with Gasteiger partial charge < -0.3 is 10.2 Å². The molecule has 1 aromatic heterocycles. The van der Waals surface area contributed by atoms with Gasteiger partial charge in [0.25, 0.3) is 0 Å². The molecule has 0 aromatic carbocycles. The lowest BCUT2D eigenvalue weighted by Gasteiger charge is -2.47. The van der Waals surface area contributed by atoms with Gasteiger partial charge in [0.15, 0.2) is 0 Å². The van der Waals surface area contributed by atoms with E-state index in [1.54, 1.807) is 0 Å². The summed E-state index contributed by atoms with van der Waals surface area (Å²) in [6.45, 7) is 5.67. The molecule has 0 spiro atoms. The van der Waals surface area contributed by atoms with Crippen LogP contribution < -0.4 is 10.2 Å². The Bertz CT molecular complexity index is 515. The topological polar surface area (TPSA) is 74.5 Å². The minimum absolute atomic E-state index is 0.0174. The number of aromatic nitrogens is 1. The Morgan fingerprint density at radius 1 is 1.40 bits per heavy atom. The highest BCUT2D eigenvalue weighted by Crippen LogP contribution is 2.32. The van der Waals surface area contributed by atoms with Crippen molar-refractivity contribution in [1.82, 2.24) is 15.2 Å². The zero-order valence-corrected chi connectivity index (χ0v) is 11.7. The van der Waals surface area contributed by atoms with E-state index >= 15 is 0 Å². The van der Waals surface area contributed by atoms with Gasteiger partial charge in [0.05, 0.1) is 9.95 Å². The molecule has 2 aliphatic rings. The molecular weight excluding hydrogens is 282 g/mol. The summed E-state index contributed by atoms with van der Waals surface area (Å²) < 4.78 is 0. The van der Waals surface area contributed by atoms with Crippen LogP contribution in [0.2, 0.25) is 5.02 Å². The van der Waals surface area contributed by atoms with Crippen LogP contribution in [0.5, 0.6) is 0 Å². The van der Waals surface area contributed by atoms with Crippen molar-refractivity contribution in [1.29, 1.82) is 0 Å². The van der Waals surface area contributed by atoms with Crippen molar-refractivity contribution in [3.8, 4) is 0 Å². The number of nitrogens with zero attached hydrogens (tertiary/aromatic N) is 4. The van der Waals surface area contributed by atoms with Gasteiger partial charge in [-0.25, -0.2) is 4.98 Å². The van der Waals surface area contributed by atoms with Gasteiger partial charge in [-0.15, -0.1) is 0 Å². The number of hydrogen-bond acceptors (Lipinski definition) is 6. The van der Waals surface area contributed by atoms with Crippen molar-refractivity contribution in [2.45, 2.75) is 6.04 Å². The van der Waals surface area contributed by atoms with Crippen molar-refractivity contribution in [3.63, 3.8) is 0 Å². The van der Waals surface area contributed by atoms with Gasteiger partial charge in [0.1, 0.15) is 0 Å². The third kappa shape index (κ3) is 2.56. The Morgan fingerprint density at radius 3 is 2.75 bits per heavy atom. The van der Waals surface area contributed by atoms with E-state index in [0.29, 0.717) is 16.9 Å². The van der Waals surface area contributed by atoms with E-state index in [4.69, 9.17) is 11.6 Å². The first-order valence-electron chi connectivity index (χ1n) is 6.65. The molecule has 3 heterocycles. The third-order valence-electron chi connectivity index (χ3n) is 3.84. The lowest BCUT2D eigenvalue weighted by molar-refractivity contribution is -0.384. The molecule has 8 heteroatoms.